The van der Waals surface area contributed by atoms with Gasteiger partial charge in [0.05, 0.1) is 11.6 Å². The topological polar surface area (TPSA) is 33.1 Å². The maximum atomic E-state index is 10.8. The van der Waals surface area contributed by atoms with Gasteiger partial charge in [0, 0.05) is 22.4 Å². The van der Waals surface area contributed by atoms with Crippen molar-refractivity contribution in [1.29, 1.82) is 0 Å². The molecule has 4 rings (SSSR count). The average molecular weight is 295 g/mol. The molecule has 106 valence electrons. The Kier molecular flexibility index (Phi) is 3.24. The van der Waals surface area contributed by atoms with Gasteiger partial charge in [-0.3, -0.25) is 4.98 Å². The second-order valence-electron chi connectivity index (χ2n) is 5.70. The van der Waals surface area contributed by atoms with Gasteiger partial charge in [-0.2, -0.15) is 0 Å². The summed E-state index contributed by atoms with van der Waals surface area (Å²) in [5, 5.41) is 14.1. The number of thiophene rings is 1. The largest absolute Gasteiger partial charge is 0.388 e. The summed E-state index contributed by atoms with van der Waals surface area (Å²) >= 11 is 1.82. The van der Waals surface area contributed by atoms with Gasteiger partial charge in [-0.25, -0.2) is 0 Å². The van der Waals surface area contributed by atoms with Crippen LogP contribution in [0.3, 0.4) is 0 Å². The van der Waals surface area contributed by atoms with Crippen molar-refractivity contribution < 1.29 is 5.11 Å². The van der Waals surface area contributed by atoms with E-state index in [0.717, 1.165) is 29.3 Å². The number of aryl methyl sites for hydroxylation is 1. The molecule has 3 heteroatoms. The van der Waals surface area contributed by atoms with E-state index in [1.54, 1.807) is 6.20 Å². The summed E-state index contributed by atoms with van der Waals surface area (Å²) in [6.45, 7) is 0. The molecule has 2 heterocycles. The Hall–Kier alpha value is -1.71. The van der Waals surface area contributed by atoms with Gasteiger partial charge in [-0.1, -0.05) is 18.2 Å². The standard InChI is InChI=1S/C18H17NOS/c20-18(15-4-1-5-17-14(15)8-10-21-17)13-7-6-12-3-2-9-19-16(12)11-13/h2-3,6-11,15,18,20H,1,4-5H2. The Morgan fingerprint density at radius 1 is 1.24 bits per heavy atom. The van der Waals surface area contributed by atoms with E-state index in [1.165, 1.54) is 16.9 Å². The van der Waals surface area contributed by atoms with Crippen LogP contribution in [0.4, 0.5) is 0 Å². The van der Waals surface area contributed by atoms with Crippen LogP contribution >= 0.6 is 11.3 Å². The predicted molar refractivity (Wildman–Crippen MR) is 86.7 cm³/mol. The number of fused-ring (bicyclic) bond motifs is 2. The maximum absolute atomic E-state index is 10.8. The monoisotopic (exact) mass is 295 g/mol. The zero-order chi connectivity index (χ0) is 14.2. The SMILES string of the molecule is OC(c1ccc2cccnc2c1)C1CCCc2sccc21. The Labute approximate surface area is 128 Å². The van der Waals surface area contributed by atoms with Crippen LogP contribution in [0.25, 0.3) is 10.9 Å². The van der Waals surface area contributed by atoms with E-state index in [1.807, 2.05) is 29.5 Å². The number of aliphatic hydroxyl groups is 1. The van der Waals surface area contributed by atoms with E-state index >= 15 is 0 Å². The van der Waals surface area contributed by atoms with Gasteiger partial charge < -0.3 is 5.11 Å². The third-order valence-electron chi connectivity index (χ3n) is 4.45. The van der Waals surface area contributed by atoms with Crippen LogP contribution in [-0.4, -0.2) is 10.1 Å². The van der Waals surface area contributed by atoms with E-state index in [2.05, 4.69) is 28.6 Å². The molecule has 0 saturated heterocycles. The van der Waals surface area contributed by atoms with Crippen molar-refractivity contribution in [3.05, 3.63) is 64.0 Å². The van der Waals surface area contributed by atoms with Crippen LogP contribution < -0.4 is 0 Å². The van der Waals surface area contributed by atoms with Crippen LogP contribution in [0.2, 0.25) is 0 Å². The van der Waals surface area contributed by atoms with E-state index in [-0.39, 0.29) is 5.92 Å². The van der Waals surface area contributed by atoms with Crippen molar-refractivity contribution >= 4 is 22.2 Å². The van der Waals surface area contributed by atoms with Crippen molar-refractivity contribution in [2.75, 3.05) is 0 Å². The number of benzene rings is 1. The second kappa shape index (κ2) is 5.24. The molecule has 0 fully saturated rings. The quantitative estimate of drug-likeness (QED) is 0.757. The molecule has 0 saturated carbocycles. The normalized spacial score (nSPS) is 19.4. The minimum Gasteiger partial charge on any atom is -0.388 e. The molecule has 21 heavy (non-hydrogen) atoms. The van der Waals surface area contributed by atoms with Crippen molar-refractivity contribution in [3.8, 4) is 0 Å². The molecule has 0 aliphatic heterocycles. The first-order valence-electron chi connectivity index (χ1n) is 7.42. The van der Waals surface area contributed by atoms with Crippen LogP contribution in [0.1, 0.15) is 40.9 Å². The molecule has 2 unspecified atom stereocenters. The average Bonchev–Trinajstić information content (AvgIpc) is 3.02. The second-order valence-corrected chi connectivity index (χ2v) is 6.70. The highest BCUT2D eigenvalue weighted by atomic mass is 32.1. The lowest BCUT2D eigenvalue weighted by Gasteiger charge is -2.27. The van der Waals surface area contributed by atoms with Crippen molar-refractivity contribution in [1.82, 2.24) is 4.98 Å². The molecule has 2 nitrogen and oxygen atoms in total. The van der Waals surface area contributed by atoms with E-state index < -0.39 is 6.10 Å². The summed E-state index contributed by atoms with van der Waals surface area (Å²) < 4.78 is 0. The van der Waals surface area contributed by atoms with Crippen LogP contribution in [0.5, 0.6) is 0 Å². The van der Waals surface area contributed by atoms with E-state index in [4.69, 9.17) is 0 Å². The zero-order valence-electron chi connectivity index (χ0n) is 11.7. The smallest absolute Gasteiger partial charge is 0.0859 e. The fourth-order valence-corrected chi connectivity index (χ4v) is 4.35. The Morgan fingerprint density at radius 2 is 2.19 bits per heavy atom. The predicted octanol–water partition coefficient (Wildman–Crippen LogP) is 4.45. The summed E-state index contributed by atoms with van der Waals surface area (Å²) in [7, 11) is 0. The van der Waals surface area contributed by atoms with Gasteiger partial charge in [-0.05, 0) is 54.0 Å². The molecule has 1 N–H and O–H groups in total. The molecular formula is C18H17NOS. The van der Waals surface area contributed by atoms with Gasteiger partial charge in [-0.15, -0.1) is 11.3 Å². The van der Waals surface area contributed by atoms with Crippen molar-refractivity contribution in [3.63, 3.8) is 0 Å². The van der Waals surface area contributed by atoms with Gasteiger partial charge in [0.15, 0.2) is 0 Å². The van der Waals surface area contributed by atoms with Crippen LogP contribution in [0.15, 0.2) is 48.0 Å². The fraction of sp³-hybridized carbons (Fsp3) is 0.278. The lowest BCUT2D eigenvalue weighted by molar-refractivity contribution is 0.136. The number of aromatic nitrogens is 1. The summed E-state index contributed by atoms with van der Waals surface area (Å²) in [4.78, 5) is 5.84. The molecule has 1 aromatic carbocycles. The number of rotatable bonds is 2. The number of hydrogen-bond donors (Lipinski definition) is 1. The zero-order valence-corrected chi connectivity index (χ0v) is 12.5. The summed E-state index contributed by atoms with van der Waals surface area (Å²) in [5.74, 6) is 0.223. The Morgan fingerprint density at radius 3 is 3.14 bits per heavy atom. The molecular weight excluding hydrogens is 278 g/mol. The summed E-state index contributed by atoms with van der Waals surface area (Å²) in [6, 6.07) is 12.3. The summed E-state index contributed by atoms with van der Waals surface area (Å²) in [5.41, 5.74) is 3.28. The highest BCUT2D eigenvalue weighted by molar-refractivity contribution is 7.10. The first kappa shape index (κ1) is 13.0. The van der Waals surface area contributed by atoms with Gasteiger partial charge >= 0.3 is 0 Å². The molecule has 0 radical (unpaired) electrons. The van der Waals surface area contributed by atoms with Crippen molar-refractivity contribution in [2.24, 2.45) is 0 Å². The fourth-order valence-electron chi connectivity index (χ4n) is 3.35. The first-order valence-corrected chi connectivity index (χ1v) is 8.30. The van der Waals surface area contributed by atoms with Crippen LogP contribution in [-0.2, 0) is 6.42 Å². The molecule has 1 aliphatic carbocycles. The molecule has 3 aromatic rings. The van der Waals surface area contributed by atoms with Gasteiger partial charge in [0.25, 0.3) is 0 Å². The number of hydrogen-bond acceptors (Lipinski definition) is 3. The molecule has 0 amide bonds. The molecule has 2 aromatic heterocycles. The lowest BCUT2D eigenvalue weighted by Crippen LogP contribution is -2.15. The molecule has 0 bridgehead atoms. The number of aliphatic hydroxyl groups excluding tert-OH is 1. The van der Waals surface area contributed by atoms with Crippen LogP contribution in [0, 0.1) is 0 Å². The number of nitrogens with zero attached hydrogens (tertiary/aromatic N) is 1. The minimum atomic E-state index is -0.440. The van der Waals surface area contributed by atoms with E-state index in [9.17, 15) is 5.11 Å². The minimum absolute atomic E-state index is 0.223. The lowest BCUT2D eigenvalue weighted by atomic mass is 9.81. The Bertz CT molecular complexity index is 779. The van der Waals surface area contributed by atoms with Crippen molar-refractivity contribution in [2.45, 2.75) is 31.3 Å². The first-order chi connectivity index (χ1) is 10.3. The molecule has 1 aliphatic rings. The highest BCUT2D eigenvalue weighted by Gasteiger charge is 2.28. The van der Waals surface area contributed by atoms with E-state index in [0.29, 0.717) is 0 Å². The highest BCUT2D eigenvalue weighted by Crippen LogP contribution is 2.42. The summed E-state index contributed by atoms with van der Waals surface area (Å²) in [6.07, 6.45) is 4.75. The third-order valence-corrected chi connectivity index (χ3v) is 5.45. The number of pyridine rings is 1. The molecule has 2 atom stereocenters. The molecule has 0 spiro atoms. The van der Waals surface area contributed by atoms with Gasteiger partial charge in [0.2, 0.25) is 0 Å². The third kappa shape index (κ3) is 2.27. The maximum Gasteiger partial charge on any atom is 0.0859 e. The Balaban J connectivity index is 1.72. The van der Waals surface area contributed by atoms with Gasteiger partial charge in [0.1, 0.15) is 0 Å².